The van der Waals surface area contributed by atoms with Crippen molar-refractivity contribution in [1.82, 2.24) is 0 Å². The molecule has 0 radical (unpaired) electrons. The van der Waals surface area contributed by atoms with Gasteiger partial charge in [0.2, 0.25) is 6.29 Å². The number of cyclic esters (lactones) is 1. The maximum atomic E-state index is 10.9. The van der Waals surface area contributed by atoms with Crippen LogP contribution in [-0.2, 0) is 14.3 Å². The van der Waals surface area contributed by atoms with Gasteiger partial charge in [-0.3, -0.25) is 4.79 Å². The number of rotatable bonds is 3. The summed E-state index contributed by atoms with van der Waals surface area (Å²) in [5.41, 5.74) is 0. The third-order valence-electron chi connectivity index (χ3n) is 2.19. The van der Waals surface area contributed by atoms with Gasteiger partial charge in [-0.1, -0.05) is 13.8 Å². The van der Waals surface area contributed by atoms with Gasteiger partial charge in [-0.2, -0.15) is 0 Å². The van der Waals surface area contributed by atoms with Crippen molar-refractivity contribution in [3.05, 3.63) is 0 Å². The van der Waals surface area contributed by atoms with Crippen LogP contribution in [0.1, 0.15) is 27.2 Å². The molecule has 1 saturated heterocycles. The lowest BCUT2D eigenvalue weighted by molar-refractivity contribution is -0.167. The van der Waals surface area contributed by atoms with Gasteiger partial charge in [0.05, 0.1) is 6.42 Å². The molecular formula is C9H16O3. The fourth-order valence-electron chi connectivity index (χ4n) is 1.43. The molecule has 0 aromatic carbocycles. The Morgan fingerprint density at radius 1 is 1.67 bits per heavy atom. The van der Waals surface area contributed by atoms with Crippen molar-refractivity contribution in [2.75, 3.05) is 6.61 Å². The largest absolute Gasteiger partial charge is 0.435 e. The summed E-state index contributed by atoms with van der Waals surface area (Å²) >= 11 is 0. The van der Waals surface area contributed by atoms with E-state index in [-0.39, 0.29) is 18.2 Å². The fraction of sp³-hybridized carbons (Fsp3) is 0.889. The number of carbonyl (C=O) groups excluding carboxylic acids is 1. The van der Waals surface area contributed by atoms with Gasteiger partial charge in [0.15, 0.2) is 0 Å². The standard InChI is InChI=1S/C9H16O3/c1-4-11-9-7(6(2)3)5-8(10)12-9/h6-7,9H,4-5H2,1-3H3/t7-,9-/m1/s1. The quantitative estimate of drug-likeness (QED) is 0.606. The van der Waals surface area contributed by atoms with Crippen molar-refractivity contribution < 1.29 is 14.3 Å². The normalized spacial score (nSPS) is 29.5. The maximum Gasteiger partial charge on any atom is 0.308 e. The Kier molecular flexibility index (Phi) is 3.09. The Hall–Kier alpha value is -0.570. The smallest absolute Gasteiger partial charge is 0.308 e. The predicted octanol–water partition coefficient (Wildman–Crippen LogP) is 1.57. The first kappa shape index (κ1) is 9.52. The van der Waals surface area contributed by atoms with E-state index in [4.69, 9.17) is 9.47 Å². The van der Waals surface area contributed by atoms with Crippen molar-refractivity contribution in [2.24, 2.45) is 11.8 Å². The fourth-order valence-corrected chi connectivity index (χ4v) is 1.43. The highest BCUT2D eigenvalue weighted by Crippen LogP contribution is 2.29. The second kappa shape index (κ2) is 3.90. The van der Waals surface area contributed by atoms with Crippen LogP contribution in [0.15, 0.2) is 0 Å². The zero-order valence-electron chi connectivity index (χ0n) is 7.87. The summed E-state index contributed by atoms with van der Waals surface area (Å²) in [4.78, 5) is 10.9. The summed E-state index contributed by atoms with van der Waals surface area (Å²) in [5.74, 6) is 0.539. The van der Waals surface area contributed by atoms with E-state index in [0.29, 0.717) is 18.9 Å². The van der Waals surface area contributed by atoms with E-state index in [9.17, 15) is 4.79 Å². The molecule has 1 aliphatic rings. The summed E-state index contributed by atoms with van der Waals surface area (Å²) in [7, 11) is 0. The molecule has 0 aromatic rings. The van der Waals surface area contributed by atoms with Crippen LogP contribution in [-0.4, -0.2) is 18.9 Å². The third kappa shape index (κ3) is 1.97. The summed E-state index contributed by atoms with van der Waals surface area (Å²) in [6.45, 7) is 6.67. The van der Waals surface area contributed by atoms with Gasteiger partial charge in [0, 0.05) is 12.5 Å². The average Bonchev–Trinajstić information content (AvgIpc) is 2.32. The van der Waals surface area contributed by atoms with Crippen LogP contribution in [0, 0.1) is 11.8 Å². The molecule has 0 bridgehead atoms. The van der Waals surface area contributed by atoms with Crippen molar-refractivity contribution in [3.63, 3.8) is 0 Å². The molecule has 1 fully saturated rings. The van der Waals surface area contributed by atoms with Crippen molar-refractivity contribution in [3.8, 4) is 0 Å². The lowest BCUT2D eigenvalue weighted by atomic mass is 9.94. The second-order valence-corrected chi connectivity index (χ2v) is 3.43. The van der Waals surface area contributed by atoms with Crippen LogP contribution in [0.2, 0.25) is 0 Å². The first-order chi connectivity index (χ1) is 5.65. The van der Waals surface area contributed by atoms with Gasteiger partial charge in [0.25, 0.3) is 0 Å². The van der Waals surface area contributed by atoms with Crippen LogP contribution in [0.5, 0.6) is 0 Å². The van der Waals surface area contributed by atoms with E-state index in [0.717, 1.165) is 0 Å². The Morgan fingerprint density at radius 3 is 2.83 bits per heavy atom. The van der Waals surface area contributed by atoms with E-state index >= 15 is 0 Å². The maximum absolute atomic E-state index is 10.9. The molecule has 0 saturated carbocycles. The van der Waals surface area contributed by atoms with E-state index in [1.54, 1.807) is 0 Å². The molecule has 0 aliphatic carbocycles. The second-order valence-electron chi connectivity index (χ2n) is 3.43. The first-order valence-electron chi connectivity index (χ1n) is 4.46. The van der Waals surface area contributed by atoms with Crippen LogP contribution in [0.3, 0.4) is 0 Å². The molecule has 0 amide bonds. The molecule has 3 heteroatoms. The average molecular weight is 172 g/mol. The van der Waals surface area contributed by atoms with Crippen LogP contribution >= 0.6 is 0 Å². The first-order valence-corrected chi connectivity index (χ1v) is 4.46. The number of hydrogen-bond acceptors (Lipinski definition) is 3. The van der Waals surface area contributed by atoms with E-state index < -0.39 is 0 Å². The molecule has 1 rings (SSSR count). The van der Waals surface area contributed by atoms with Crippen LogP contribution in [0.4, 0.5) is 0 Å². The third-order valence-corrected chi connectivity index (χ3v) is 2.19. The van der Waals surface area contributed by atoms with Gasteiger partial charge >= 0.3 is 5.97 Å². The molecule has 70 valence electrons. The molecule has 0 aromatic heterocycles. The summed E-state index contributed by atoms with van der Waals surface area (Å²) in [5, 5.41) is 0. The van der Waals surface area contributed by atoms with Crippen LogP contribution < -0.4 is 0 Å². The molecule has 0 unspecified atom stereocenters. The van der Waals surface area contributed by atoms with Crippen molar-refractivity contribution in [2.45, 2.75) is 33.5 Å². The molecule has 2 atom stereocenters. The summed E-state index contributed by atoms with van der Waals surface area (Å²) < 4.78 is 10.3. The predicted molar refractivity (Wildman–Crippen MR) is 44.5 cm³/mol. The molecular weight excluding hydrogens is 156 g/mol. The molecule has 1 heterocycles. The highest BCUT2D eigenvalue weighted by Gasteiger charge is 2.37. The Morgan fingerprint density at radius 2 is 2.33 bits per heavy atom. The number of esters is 1. The lowest BCUT2D eigenvalue weighted by Crippen LogP contribution is -2.23. The van der Waals surface area contributed by atoms with Crippen molar-refractivity contribution >= 4 is 5.97 Å². The van der Waals surface area contributed by atoms with Crippen LogP contribution in [0.25, 0.3) is 0 Å². The minimum Gasteiger partial charge on any atom is -0.435 e. The highest BCUT2D eigenvalue weighted by molar-refractivity contribution is 5.71. The number of carbonyl (C=O) groups is 1. The summed E-state index contributed by atoms with van der Waals surface area (Å²) in [6.07, 6.45) is 0.199. The molecule has 0 N–H and O–H groups in total. The lowest BCUT2D eigenvalue weighted by Gasteiger charge is -2.19. The van der Waals surface area contributed by atoms with Gasteiger partial charge in [-0.15, -0.1) is 0 Å². The van der Waals surface area contributed by atoms with Gasteiger partial charge in [0.1, 0.15) is 0 Å². The van der Waals surface area contributed by atoms with E-state index in [1.807, 2.05) is 6.92 Å². The Balaban J connectivity index is 2.53. The molecule has 3 nitrogen and oxygen atoms in total. The zero-order valence-corrected chi connectivity index (χ0v) is 7.87. The Bertz CT molecular complexity index is 165. The molecule has 0 spiro atoms. The topological polar surface area (TPSA) is 35.5 Å². The van der Waals surface area contributed by atoms with Gasteiger partial charge in [-0.25, -0.2) is 0 Å². The Labute approximate surface area is 73.0 Å². The van der Waals surface area contributed by atoms with Gasteiger partial charge < -0.3 is 9.47 Å². The number of ether oxygens (including phenoxy) is 2. The molecule has 12 heavy (non-hydrogen) atoms. The monoisotopic (exact) mass is 172 g/mol. The van der Waals surface area contributed by atoms with Gasteiger partial charge in [-0.05, 0) is 12.8 Å². The zero-order chi connectivity index (χ0) is 9.14. The SMILES string of the molecule is CCO[C@@H]1OC(=O)C[C@@H]1C(C)C. The highest BCUT2D eigenvalue weighted by atomic mass is 16.7. The molecule has 1 aliphatic heterocycles. The van der Waals surface area contributed by atoms with E-state index in [1.165, 1.54) is 0 Å². The number of hydrogen-bond donors (Lipinski definition) is 0. The van der Waals surface area contributed by atoms with E-state index in [2.05, 4.69) is 13.8 Å². The minimum atomic E-state index is -0.303. The summed E-state index contributed by atoms with van der Waals surface area (Å²) in [6, 6.07) is 0. The minimum absolute atomic E-state index is 0.132. The van der Waals surface area contributed by atoms with Crippen molar-refractivity contribution in [1.29, 1.82) is 0 Å².